The van der Waals surface area contributed by atoms with Gasteiger partial charge in [0, 0.05) is 31.5 Å². The highest BCUT2D eigenvalue weighted by Crippen LogP contribution is 2.33. The number of hydrogen-bond donors (Lipinski definition) is 1. The molecule has 0 atom stereocenters. The molecule has 2 fully saturated rings. The van der Waals surface area contributed by atoms with Crippen molar-refractivity contribution in [2.45, 2.75) is 18.9 Å². The Balaban J connectivity index is 1.77. The summed E-state index contributed by atoms with van der Waals surface area (Å²) in [4.78, 5) is 16.2. The van der Waals surface area contributed by atoms with E-state index in [4.69, 9.17) is 4.74 Å². The van der Waals surface area contributed by atoms with Crippen molar-refractivity contribution in [1.29, 1.82) is 0 Å². The number of hydrazine groups is 1. The second-order valence-electron chi connectivity index (χ2n) is 4.43. The van der Waals surface area contributed by atoms with E-state index in [9.17, 15) is 4.79 Å². The Hall–Kier alpha value is -1.40. The fraction of sp³-hybridized carbons (Fsp3) is 0.636. The van der Waals surface area contributed by atoms with Crippen molar-refractivity contribution in [2.24, 2.45) is 0 Å². The summed E-state index contributed by atoms with van der Waals surface area (Å²) in [7, 11) is 0. The molecular weight excluding hydrogens is 220 g/mol. The van der Waals surface area contributed by atoms with Gasteiger partial charge in [-0.3, -0.25) is 10.2 Å². The van der Waals surface area contributed by atoms with E-state index in [1.54, 1.807) is 17.0 Å². The van der Waals surface area contributed by atoms with Crippen LogP contribution in [0.5, 0.6) is 0 Å². The zero-order valence-electron chi connectivity index (χ0n) is 9.63. The number of rotatable bonds is 3. The Morgan fingerprint density at radius 3 is 2.82 bits per heavy atom. The molecule has 1 aliphatic carbocycles. The van der Waals surface area contributed by atoms with Crippen molar-refractivity contribution in [2.75, 3.05) is 31.7 Å². The Labute approximate surface area is 99.2 Å². The highest BCUT2D eigenvalue weighted by Gasteiger charge is 2.25. The van der Waals surface area contributed by atoms with Gasteiger partial charge in [-0.15, -0.1) is 0 Å². The van der Waals surface area contributed by atoms with Gasteiger partial charge in [-0.1, -0.05) is 0 Å². The minimum atomic E-state index is -0.0264. The van der Waals surface area contributed by atoms with Crippen LogP contribution < -0.4 is 11.0 Å². The first-order chi connectivity index (χ1) is 8.34. The molecule has 1 N–H and O–H groups in total. The first kappa shape index (κ1) is 10.7. The normalized spacial score (nSPS) is 21.4. The van der Waals surface area contributed by atoms with Crippen LogP contribution in [-0.4, -0.2) is 40.9 Å². The minimum absolute atomic E-state index is 0.0264. The summed E-state index contributed by atoms with van der Waals surface area (Å²) in [5.41, 5.74) is 3.05. The average Bonchev–Trinajstić information content (AvgIpc) is 3.17. The maximum absolute atomic E-state index is 12.1. The van der Waals surface area contributed by atoms with E-state index in [1.807, 2.05) is 5.01 Å². The zero-order valence-corrected chi connectivity index (χ0v) is 9.63. The van der Waals surface area contributed by atoms with Gasteiger partial charge >= 0.3 is 0 Å². The van der Waals surface area contributed by atoms with Crippen LogP contribution in [0.4, 0.5) is 5.82 Å². The van der Waals surface area contributed by atoms with Crippen LogP contribution in [-0.2, 0) is 4.74 Å². The quantitative estimate of drug-likeness (QED) is 0.814. The van der Waals surface area contributed by atoms with Gasteiger partial charge < -0.3 is 9.30 Å². The smallest absolute Gasteiger partial charge is 0.294 e. The van der Waals surface area contributed by atoms with Crippen molar-refractivity contribution in [1.82, 2.24) is 14.6 Å². The summed E-state index contributed by atoms with van der Waals surface area (Å²) < 4.78 is 7.03. The number of anilines is 1. The lowest BCUT2D eigenvalue weighted by atomic mass is 10.5. The van der Waals surface area contributed by atoms with Gasteiger partial charge in [0.05, 0.1) is 13.2 Å². The third-order valence-electron chi connectivity index (χ3n) is 3.08. The van der Waals surface area contributed by atoms with Gasteiger partial charge in [0.1, 0.15) is 0 Å². The van der Waals surface area contributed by atoms with E-state index in [0.29, 0.717) is 25.1 Å². The summed E-state index contributed by atoms with van der Waals surface area (Å²) >= 11 is 0. The molecular formula is C11H16N4O2. The standard InChI is InChI=1S/C11H16N4O2/c16-11-10(13-14-5-7-17-8-6-14)12-3-4-15(11)9-1-2-9/h3-4,9H,1-2,5-8H2,(H,12,13). The second kappa shape index (κ2) is 4.46. The topological polar surface area (TPSA) is 59.4 Å². The molecule has 2 heterocycles. The molecule has 6 nitrogen and oxygen atoms in total. The van der Waals surface area contributed by atoms with Gasteiger partial charge in [-0.2, -0.15) is 0 Å². The molecule has 1 saturated carbocycles. The van der Waals surface area contributed by atoms with Crippen molar-refractivity contribution in [3.63, 3.8) is 0 Å². The molecule has 1 aromatic rings. The number of aromatic nitrogens is 2. The predicted octanol–water partition coefficient (Wildman–Crippen LogP) is 0.237. The predicted molar refractivity (Wildman–Crippen MR) is 62.8 cm³/mol. The van der Waals surface area contributed by atoms with Gasteiger partial charge in [0.2, 0.25) is 5.82 Å². The first-order valence-electron chi connectivity index (χ1n) is 6.01. The molecule has 0 aromatic carbocycles. The molecule has 1 aliphatic heterocycles. The van der Waals surface area contributed by atoms with Crippen LogP contribution in [0.3, 0.4) is 0 Å². The van der Waals surface area contributed by atoms with Crippen molar-refractivity contribution in [3.05, 3.63) is 22.7 Å². The maximum atomic E-state index is 12.1. The molecule has 0 amide bonds. The Morgan fingerprint density at radius 1 is 1.35 bits per heavy atom. The molecule has 92 valence electrons. The van der Waals surface area contributed by atoms with E-state index >= 15 is 0 Å². The van der Waals surface area contributed by atoms with Crippen LogP contribution in [0.1, 0.15) is 18.9 Å². The first-order valence-corrected chi connectivity index (χ1v) is 6.01. The molecule has 0 radical (unpaired) electrons. The number of hydrogen-bond acceptors (Lipinski definition) is 5. The van der Waals surface area contributed by atoms with Crippen LogP contribution in [0.25, 0.3) is 0 Å². The fourth-order valence-corrected chi connectivity index (χ4v) is 1.97. The largest absolute Gasteiger partial charge is 0.379 e. The summed E-state index contributed by atoms with van der Waals surface area (Å²) in [5.74, 6) is 0.418. The molecule has 1 aromatic heterocycles. The van der Waals surface area contributed by atoms with E-state index < -0.39 is 0 Å². The van der Waals surface area contributed by atoms with Crippen molar-refractivity contribution < 1.29 is 4.74 Å². The molecule has 1 saturated heterocycles. The van der Waals surface area contributed by atoms with Gasteiger partial charge in [-0.05, 0) is 12.8 Å². The van der Waals surface area contributed by atoms with Crippen molar-refractivity contribution in [3.8, 4) is 0 Å². The fourth-order valence-electron chi connectivity index (χ4n) is 1.97. The summed E-state index contributed by atoms with van der Waals surface area (Å²) in [6.45, 7) is 2.94. The van der Waals surface area contributed by atoms with Gasteiger partial charge in [0.15, 0.2) is 0 Å². The van der Waals surface area contributed by atoms with E-state index in [0.717, 1.165) is 25.9 Å². The molecule has 17 heavy (non-hydrogen) atoms. The highest BCUT2D eigenvalue weighted by atomic mass is 16.5. The van der Waals surface area contributed by atoms with Crippen LogP contribution >= 0.6 is 0 Å². The summed E-state index contributed by atoms with van der Waals surface area (Å²) in [6.07, 6.45) is 5.65. The van der Waals surface area contributed by atoms with Gasteiger partial charge in [0.25, 0.3) is 5.56 Å². The van der Waals surface area contributed by atoms with Crippen LogP contribution in [0.15, 0.2) is 17.2 Å². The van der Waals surface area contributed by atoms with E-state index in [2.05, 4.69) is 10.4 Å². The Kier molecular flexibility index (Phi) is 2.82. The van der Waals surface area contributed by atoms with Gasteiger partial charge in [-0.25, -0.2) is 9.99 Å². The third kappa shape index (κ3) is 2.32. The SMILES string of the molecule is O=c1c(NN2CCOCC2)nccn1C1CC1. The lowest BCUT2D eigenvalue weighted by molar-refractivity contribution is 0.0494. The zero-order chi connectivity index (χ0) is 11.7. The minimum Gasteiger partial charge on any atom is -0.379 e. The van der Waals surface area contributed by atoms with Crippen LogP contribution in [0, 0.1) is 0 Å². The Morgan fingerprint density at radius 2 is 2.12 bits per heavy atom. The average molecular weight is 236 g/mol. The highest BCUT2D eigenvalue weighted by molar-refractivity contribution is 5.29. The van der Waals surface area contributed by atoms with E-state index in [-0.39, 0.29) is 5.56 Å². The summed E-state index contributed by atoms with van der Waals surface area (Å²) in [6, 6.07) is 0.385. The van der Waals surface area contributed by atoms with E-state index in [1.165, 1.54) is 0 Å². The lowest BCUT2D eigenvalue weighted by Gasteiger charge is -2.27. The third-order valence-corrected chi connectivity index (χ3v) is 3.08. The molecule has 0 unspecified atom stereocenters. The monoisotopic (exact) mass is 236 g/mol. The van der Waals surface area contributed by atoms with Crippen molar-refractivity contribution >= 4 is 5.82 Å². The molecule has 6 heteroatoms. The Bertz CT molecular complexity index is 449. The second-order valence-corrected chi connectivity index (χ2v) is 4.43. The summed E-state index contributed by atoms with van der Waals surface area (Å²) in [5, 5.41) is 1.98. The number of nitrogens with zero attached hydrogens (tertiary/aromatic N) is 3. The number of ether oxygens (including phenoxy) is 1. The molecule has 0 spiro atoms. The molecule has 3 rings (SSSR count). The molecule has 2 aliphatic rings. The van der Waals surface area contributed by atoms with Crippen LogP contribution in [0.2, 0.25) is 0 Å². The lowest BCUT2D eigenvalue weighted by Crippen LogP contribution is -2.42. The molecule has 0 bridgehead atoms. The number of nitrogens with one attached hydrogen (secondary N) is 1. The number of morpholine rings is 1. The maximum Gasteiger partial charge on any atom is 0.294 e.